The van der Waals surface area contributed by atoms with E-state index in [1.54, 1.807) is 14.0 Å². The van der Waals surface area contributed by atoms with Crippen LogP contribution in [0.4, 0.5) is 0 Å². The number of ketones is 1. The minimum Gasteiger partial charge on any atom is -0.501 e. The molecule has 0 aliphatic heterocycles. The third-order valence-corrected chi connectivity index (χ3v) is 2.78. The predicted octanol–water partition coefficient (Wildman–Crippen LogP) is 5.88. The van der Waals surface area contributed by atoms with E-state index < -0.39 is 0 Å². The molecule has 0 saturated heterocycles. The molecule has 0 aliphatic carbocycles. The zero-order chi connectivity index (χ0) is 13.3. The summed E-state index contributed by atoms with van der Waals surface area (Å²) in [4.78, 5) is 10.7. The molecule has 0 heterocycles. The second-order valence-electron chi connectivity index (χ2n) is 5.08. The van der Waals surface area contributed by atoms with Gasteiger partial charge in [0.2, 0.25) is 0 Å². The lowest BCUT2D eigenvalue weighted by molar-refractivity contribution is -0.117. The second-order valence-corrected chi connectivity index (χ2v) is 5.08. The Morgan fingerprint density at radius 3 is 2.00 bits per heavy atom. The lowest BCUT2D eigenvalue weighted by Gasteiger charge is -2.25. The number of rotatable bonds is 10. The van der Waals surface area contributed by atoms with E-state index in [0.29, 0.717) is 13.0 Å². The number of hydrogen-bond acceptors (Lipinski definition) is 3. The van der Waals surface area contributed by atoms with Crippen LogP contribution < -0.4 is 0 Å². The van der Waals surface area contributed by atoms with Gasteiger partial charge < -0.3 is 14.3 Å². The van der Waals surface area contributed by atoms with Crippen LogP contribution in [-0.4, -0.2) is 26.1 Å². The molecule has 0 aromatic heterocycles. The Balaban J connectivity index is -0.000000213. The third kappa shape index (κ3) is 17.1. The lowest BCUT2D eigenvalue weighted by Crippen LogP contribution is -2.22. The van der Waals surface area contributed by atoms with Crippen molar-refractivity contribution >= 4 is 5.78 Å². The average molecular weight is 307 g/mol. The first-order valence-corrected chi connectivity index (χ1v) is 6.20. The number of hydrogen-bond donors (Lipinski definition) is 0. The standard InChI is InChI=1S/C14H26O3.4CH4/c1-12(15)9-7-6-8-10-17-11-14(3,4)13(2)16-5;;;;/h2,6-11H2,1,3-5H3;4*1H4. The molecule has 132 valence electrons. The van der Waals surface area contributed by atoms with E-state index in [9.17, 15) is 4.79 Å². The first kappa shape index (κ1) is 32.2. The summed E-state index contributed by atoms with van der Waals surface area (Å²) in [5.41, 5.74) is -0.145. The maximum atomic E-state index is 10.7. The van der Waals surface area contributed by atoms with Gasteiger partial charge in [0.05, 0.1) is 19.5 Å². The molecular formula is C18H42O3. The molecule has 0 fully saturated rings. The number of ether oxygens (including phenoxy) is 2. The normalized spacial score (nSPS) is 9.14. The number of methoxy groups -OCH3 is 1. The molecule has 0 rings (SSSR count). The average Bonchev–Trinajstić information content (AvgIpc) is 2.26. The second kappa shape index (κ2) is 17.2. The molecular weight excluding hydrogens is 264 g/mol. The van der Waals surface area contributed by atoms with Crippen molar-refractivity contribution in [3.05, 3.63) is 12.3 Å². The number of carbonyl (C=O) groups excluding carboxylic acids is 1. The van der Waals surface area contributed by atoms with Crippen molar-refractivity contribution in [3.8, 4) is 0 Å². The van der Waals surface area contributed by atoms with Crippen molar-refractivity contribution in [3.63, 3.8) is 0 Å². The fourth-order valence-electron chi connectivity index (χ4n) is 1.44. The predicted molar refractivity (Wildman–Crippen MR) is 96.8 cm³/mol. The molecule has 0 aromatic rings. The molecule has 0 N–H and O–H groups in total. The van der Waals surface area contributed by atoms with Crippen LogP contribution in [0.3, 0.4) is 0 Å². The van der Waals surface area contributed by atoms with Crippen LogP contribution in [0.1, 0.15) is 76.2 Å². The zero-order valence-corrected chi connectivity index (χ0v) is 11.7. The minimum absolute atomic E-state index is 0. The van der Waals surface area contributed by atoms with Gasteiger partial charge in [-0.15, -0.1) is 0 Å². The van der Waals surface area contributed by atoms with Gasteiger partial charge in [0.15, 0.2) is 0 Å². The van der Waals surface area contributed by atoms with E-state index in [-0.39, 0.29) is 40.9 Å². The van der Waals surface area contributed by atoms with Crippen LogP contribution in [0.2, 0.25) is 0 Å². The summed E-state index contributed by atoms with van der Waals surface area (Å²) in [6, 6.07) is 0. The van der Waals surface area contributed by atoms with Gasteiger partial charge in [-0.25, -0.2) is 0 Å². The van der Waals surface area contributed by atoms with Crippen molar-refractivity contribution in [1.29, 1.82) is 0 Å². The van der Waals surface area contributed by atoms with Crippen LogP contribution >= 0.6 is 0 Å². The Kier molecular flexibility index (Phi) is 26.4. The van der Waals surface area contributed by atoms with E-state index in [2.05, 4.69) is 20.4 Å². The van der Waals surface area contributed by atoms with Crippen molar-refractivity contribution in [1.82, 2.24) is 0 Å². The van der Waals surface area contributed by atoms with Crippen LogP contribution in [0.15, 0.2) is 12.3 Å². The summed E-state index contributed by atoms with van der Waals surface area (Å²) in [5, 5.41) is 0. The number of unbranched alkanes of at least 4 members (excludes halogenated alkanes) is 2. The van der Waals surface area contributed by atoms with Gasteiger partial charge in [0.1, 0.15) is 5.78 Å². The first-order valence-electron chi connectivity index (χ1n) is 6.20. The Bertz CT molecular complexity index is 245. The highest BCUT2D eigenvalue weighted by Crippen LogP contribution is 2.25. The molecule has 21 heavy (non-hydrogen) atoms. The maximum absolute atomic E-state index is 10.7. The molecule has 0 aliphatic rings. The van der Waals surface area contributed by atoms with E-state index >= 15 is 0 Å². The topological polar surface area (TPSA) is 35.5 Å². The van der Waals surface area contributed by atoms with E-state index in [1.807, 2.05) is 0 Å². The Hall–Kier alpha value is -0.830. The number of carbonyl (C=O) groups is 1. The van der Waals surface area contributed by atoms with Gasteiger partial charge in [-0.2, -0.15) is 0 Å². The quantitative estimate of drug-likeness (QED) is 0.373. The van der Waals surface area contributed by atoms with Gasteiger partial charge in [0.25, 0.3) is 0 Å². The monoisotopic (exact) mass is 306 g/mol. The highest BCUT2D eigenvalue weighted by molar-refractivity contribution is 5.75. The Morgan fingerprint density at radius 2 is 1.57 bits per heavy atom. The summed E-state index contributed by atoms with van der Waals surface area (Å²) in [7, 11) is 1.63. The van der Waals surface area contributed by atoms with Crippen LogP contribution in [0.5, 0.6) is 0 Å². The smallest absolute Gasteiger partial charge is 0.129 e. The van der Waals surface area contributed by atoms with Crippen LogP contribution in [0.25, 0.3) is 0 Å². The third-order valence-electron chi connectivity index (χ3n) is 2.78. The maximum Gasteiger partial charge on any atom is 0.129 e. The van der Waals surface area contributed by atoms with Gasteiger partial charge in [-0.05, 0) is 19.8 Å². The van der Waals surface area contributed by atoms with E-state index in [0.717, 1.165) is 31.6 Å². The number of Topliss-reactive ketones (excluding diaryl/α,β-unsaturated/α-hetero) is 1. The molecule has 0 atom stereocenters. The fourth-order valence-corrected chi connectivity index (χ4v) is 1.44. The minimum atomic E-state index is -0.145. The molecule has 0 saturated carbocycles. The molecule has 0 spiro atoms. The van der Waals surface area contributed by atoms with Gasteiger partial charge in [-0.3, -0.25) is 0 Å². The van der Waals surface area contributed by atoms with Gasteiger partial charge in [-0.1, -0.05) is 56.6 Å². The summed E-state index contributed by atoms with van der Waals surface area (Å²) in [6.45, 7) is 10.9. The molecule has 0 aromatic carbocycles. The Labute approximate surface area is 135 Å². The molecule has 3 heteroatoms. The fraction of sp³-hybridized carbons (Fsp3) is 0.833. The van der Waals surface area contributed by atoms with Crippen molar-refractivity contribution in [2.45, 2.75) is 76.2 Å². The van der Waals surface area contributed by atoms with Crippen molar-refractivity contribution in [2.24, 2.45) is 5.41 Å². The van der Waals surface area contributed by atoms with Gasteiger partial charge >= 0.3 is 0 Å². The Morgan fingerprint density at radius 1 is 1.05 bits per heavy atom. The van der Waals surface area contributed by atoms with E-state index in [1.165, 1.54) is 0 Å². The summed E-state index contributed by atoms with van der Waals surface area (Å²) >= 11 is 0. The van der Waals surface area contributed by atoms with Crippen LogP contribution in [0, 0.1) is 5.41 Å². The van der Waals surface area contributed by atoms with Crippen molar-refractivity contribution < 1.29 is 14.3 Å². The molecule has 0 amide bonds. The van der Waals surface area contributed by atoms with Crippen molar-refractivity contribution in [2.75, 3.05) is 20.3 Å². The molecule has 3 nitrogen and oxygen atoms in total. The summed E-state index contributed by atoms with van der Waals surface area (Å²) < 4.78 is 10.7. The first-order chi connectivity index (χ1) is 7.90. The lowest BCUT2D eigenvalue weighted by atomic mass is 9.93. The summed E-state index contributed by atoms with van der Waals surface area (Å²) in [6.07, 6.45) is 3.70. The highest BCUT2D eigenvalue weighted by atomic mass is 16.5. The van der Waals surface area contributed by atoms with Gasteiger partial charge in [0, 0.05) is 18.4 Å². The molecule has 0 radical (unpaired) electrons. The van der Waals surface area contributed by atoms with Crippen LogP contribution in [-0.2, 0) is 14.3 Å². The largest absolute Gasteiger partial charge is 0.501 e. The summed E-state index contributed by atoms with van der Waals surface area (Å²) in [5.74, 6) is 1.01. The zero-order valence-electron chi connectivity index (χ0n) is 11.7. The SMILES string of the molecule is C.C.C.C.C=C(OC)C(C)(C)COCCCCCC(C)=O. The van der Waals surface area contributed by atoms with E-state index in [4.69, 9.17) is 9.47 Å². The molecule has 0 bridgehead atoms. The highest BCUT2D eigenvalue weighted by Gasteiger charge is 2.22. The molecule has 0 unspecified atom stereocenters.